The monoisotopic (exact) mass is 251 g/mol. The summed E-state index contributed by atoms with van der Waals surface area (Å²) in [7, 11) is -2.97. The van der Waals surface area contributed by atoms with Gasteiger partial charge in [-0.3, -0.25) is 0 Å². The summed E-state index contributed by atoms with van der Waals surface area (Å²) in [6.45, 7) is 2.14. The summed E-state index contributed by atoms with van der Waals surface area (Å²) >= 11 is 0. The number of hydrogen-bond donors (Lipinski definition) is 1. The first kappa shape index (κ1) is 11.2. The molecule has 1 saturated heterocycles. The van der Waals surface area contributed by atoms with Gasteiger partial charge < -0.3 is 5.32 Å². The Morgan fingerprint density at radius 3 is 2.71 bits per heavy atom. The van der Waals surface area contributed by atoms with Crippen molar-refractivity contribution in [3.05, 3.63) is 29.3 Å². The molecule has 4 heteroatoms. The fourth-order valence-corrected chi connectivity index (χ4v) is 4.41. The molecule has 1 aromatic rings. The molecule has 0 unspecified atom stereocenters. The van der Waals surface area contributed by atoms with Crippen LogP contribution in [0.2, 0.25) is 0 Å². The van der Waals surface area contributed by atoms with Crippen LogP contribution in [0.15, 0.2) is 23.1 Å². The Morgan fingerprint density at radius 2 is 1.94 bits per heavy atom. The molecule has 0 radical (unpaired) electrons. The largest absolute Gasteiger partial charge is 0.317 e. The van der Waals surface area contributed by atoms with Gasteiger partial charge in [-0.15, -0.1) is 0 Å². The van der Waals surface area contributed by atoms with Crippen molar-refractivity contribution in [1.82, 2.24) is 5.32 Å². The normalized spacial score (nSPS) is 23.5. The zero-order valence-electron chi connectivity index (χ0n) is 9.78. The van der Waals surface area contributed by atoms with Crippen LogP contribution in [0, 0.1) is 0 Å². The molecule has 2 heterocycles. The predicted octanol–water partition coefficient (Wildman–Crippen LogP) is 1.48. The van der Waals surface area contributed by atoms with Gasteiger partial charge in [-0.05, 0) is 55.5 Å². The van der Waals surface area contributed by atoms with Crippen LogP contribution in [0.3, 0.4) is 0 Å². The molecule has 0 aromatic heterocycles. The fraction of sp³-hybridized carbons (Fsp3) is 0.538. The van der Waals surface area contributed by atoms with Gasteiger partial charge in [0.25, 0.3) is 0 Å². The topological polar surface area (TPSA) is 46.2 Å². The first-order chi connectivity index (χ1) is 8.17. The van der Waals surface area contributed by atoms with E-state index in [4.69, 9.17) is 0 Å². The Hall–Kier alpha value is -0.870. The predicted molar refractivity (Wildman–Crippen MR) is 67.0 cm³/mol. The second-order valence-electron chi connectivity index (χ2n) is 4.96. The van der Waals surface area contributed by atoms with Crippen LogP contribution >= 0.6 is 0 Å². The lowest BCUT2D eigenvalue weighted by Gasteiger charge is -2.23. The lowest BCUT2D eigenvalue weighted by Crippen LogP contribution is -2.26. The van der Waals surface area contributed by atoms with Crippen molar-refractivity contribution in [3.8, 4) is 0 Å². The number of piperidine rings is 1. The number of fused-ring (bicyclic) bond motifs is 1. The Morgan fingerprint density at radius 1 is 1.18 bits per heavy atom. The summed E-state index contributed by atoms with van der Waals surface area (Å²) in [5, 5.41) is 3.35. The first-order valence-corrected chi connectivity index (χ1v) is 7.88. The molecule has 0 amide bonds. The van der Waals surface area contributed by atoms with Crippen LogP contribution in [0.4, 0.5) is 0 Å². The van der Waals surface area contributed by atoms with Crippen LogP contribution < -0.4 is 5.32 Å². The minimum Gasteiger partial charge on any atom is -0.317 e. The van der Waals surface area contributed by atoms with Gasteiger partial charge in [-0.2, -0.15) is 0 Å². The molecule has 0 spiro atoms. The van der Waals surface area contributed by atoms with Gasteiger partial charge in [0.2, 0.25) is 0 Å². The number of benzene rings is 1. The van der Waals surface area contributed by atoms with Crippen LogP contribution in [0.1, 0.15) is 29.9 Å². The molecular weight excluding hydrogens is 234 g/mol. The Kier molecular flexibility index (Phi) is 2.71. The molecule has 92 valence electrons. The van der Waals surface area contributed by atoms with Crippen LogP contribution in [-0.4, -0.2) is 27.3 Å². The molecule has 2 aliphatic heterocycles. The zero-order valence-corrected chi connectivity index (χ0v) is 10.6. The summed E-state index contributed by atoms with van der Waals surface area (Å²) < 4.78 is 23.5. The SMILES string of the molecule is O=S1(=O)CCc2cc(C3CCNCC3)ccc21. The minimum absolute atomic E-state index is 0.290. The van der Waals surface area contributed by atoms with Gasteiger partial charge >= 0.3 is 0 Å². The number of nitrogens with one attached hydrogen (secondary N) is 1. The molecule has 0 aliphatic carbocycles. The molecule has 3 rings (SSSR count). The highest BCUT2D eigenvalue weighted by molar-refractivity contribution is 7.91. The van der Waals surface area contributed by atoms with E-state index >= 15 is 0 Å². The van der Waals surface area contributed by atoms with Gasteiger partial charge in [-0.1, -0.05) is 12.1 Å². The standard InChI is InChI=1S/C13H17NO2S/c15-17(16)8-5-12-9-11(1-2-13(12)17)10-3-6-14-7-4-10/h1-2,9-10,14H,3-8H2. The van der Waals surface area contributed by atoms with E-state index < -0.39 is 9.84 Å². The molecular formula is C13H17NO2S. The Bertz CT molecular complexity index is 530. The highest BCUT2D eigenvalue weighted by atomic mass is 32.2. The van der Waals surface area contributed by atoms with E-state index in [0.29, 0.717) is 17.2 Å². The third kappa shape index (κ3) is 2.00. The summed E-state index contributed by atoms with van der Waals surface area (Å²) in [5.41, 5.74) is 2.35. The van der Waals surface area contributed by atoms with E-state index in [1.807, 2.05) is 12.1 Å². The maximum Gasteiger partial charge on any atom is 0.178 e. The summed E-state index contributed by atoms with van der Waals surface area (Å²) in [6.07, 6.45) is 3.01. The zero-order chi connectivity index (χ0) is 11.9. The molecule has 1 aromatic carbocycles. The average molecular weight is 251 g/mol. The molecule has 1 fully saturated rings. The Labute approximate surface area is 102 Å². The third-order valence-electron chi connectivity index (χ3n) is 3.87. The molecule has 0 bridgehead atoms. The van der Waals surface area contributed by atoms with E-state index in [0.717, 1.165) is 31.5 Å². The highest BCUT2D eigenvalue weighted by Crippen LogP contribution is 2.31. The van der Waals surface area contributed by atoms with Crippen LogP contribution in [-0.2, 0) is 16.3 Å². The fourth-order valence-electron chi connectivity index (χ4n) is 2.86. The van der Waals surface area contributed by atoms with Crippen molar-refractivity contribution in [3.63, 3.8) is 0 Å². The maximum absolute atomic E-state index is 11.7. The van der Waals surface area contributed by atoms with Crippen molar-refractivity contribution < 1.29 is 8.42 Å². The van der Waals surface area contributed by atoms with Crippen LogP contribution in [0.5, 0.6) is 0 Å². The quantitative estimate of drug-likeness (QED) is 0.822. The number of hydrogen-bond acceptors (Lipinski definition) is 3. The lowest BCUT2D eigenvalue weighted by molar-refractivity contribution is 0.460. The number of rotatable bonds is 1. The van der Waals surface area contributed by atoms with Crippen molar-refractivity contribution in [2.45, 2.75) is 30.1 Å². The average Bonchev–Trinajstić information content (AvgIpc) is 2.66. The smallest absolute Gasteiger partial charge is 0.178 e. The second-order valence-corrected chi connectivity index (χ2v) is 7.04. The summed E-state index contributed by atoms with van der Waals surface area (Å²) in [5.74, 6) is 0.891. The first-order valence-electron chi connectivity index (χ1n) is 6.23. The number of aryl methyl sites for hydroxylation is 1. The van der Waals surface area contributed by atoms with E-state index in [-0.39, 0.29) is 5.75 Å². The van der Waals surface area contributed by atoms with E-state index in [1.165, 1.54) is 5.56 Å². The van der Waals surface area contributed by atoms with Crippen molar-refractivity contribution in [1.29, 1.82) is 0 Å². The summed E-state index contributed by atoms with van der Waals surface area (Å²) in [6, 6.07) is 5.95. The van der Waals surface area contributed by atoms with Crippen LogP contribution in [0.25, 0.3) is 0 Å². The molecule has 3 nitrogen and oxygen atoms in total. The van der Waals surface area contributed by atoms with Crippen molar-refractivity contribution >= 4 is 9.84 Å². The molecule has 2 aliphatic rings. The van der Waals surface area contributed by atoms with E-state index in [2.05, 4.69) is 11.4 Å². The van der Waals surface area contributed by atoms with Gasteiger partial charge in [0.1, 0.15) is 0 Å². The molecule has 0 atom stereocenters. The lowest BCUT2D eigenvalue weighted by atomic mass is 9.89. The molecule has 0 saturated carbocycles. The maximum atomic E-state index is 11.7. The van der Waals surface area contributed by atoms with Gasteiger partial charge in [0, 0.05) is 0 Å². The minimum atomic E-state index is -2.97. The second kappa shape index (κ2) is 4.10. The van der Waals surface area contributed by atoms with Crippen molar-refractivity contribution in [2.24, 2.45) is 0 Å². The van der Waals surface area contributed by atoms with Gasteiger partial charge in [0.05, 0.1) is 10.6 Å². The summed E-state index contributed by atoms with van der Waals surface area (Å²) in [4.78, 5) is 0.565. The van der Waals surface area contributed by atoms with Crippen molar-refractivity contribution in [2.75, 3.05) is 18.8 Å². The van der Waals surface area contributed by atoms with Gasteiger partial charge in [-0.25, -0.2) is 8.42 Å². The third-order valence-corrected chi connectivity index (χ3v) is 5.68. The van der Waals surface area contributed by atoms with Gasteiger partial charge in [0.15, 0.2) is 9.84 Å². The number of sulfone groups is 1. The van der Waals surface area contributed by atoms with E-state index in [1.54, 1.807) is 0 Å². The molecule has 17 heavy (non-hydrogen) atoms. The van der Waals surface area contributed by atoms with E-state index in [9.17, 15) is 8.42 Å². The highest BCUT2D eigenvalue weighted by Gasteiger charge is 2.27. The Balaban J connectivity index is 1.94. The molecule has 1 N–H and O–H groups in total.